The van der Waals surface area contributed by atoms with Gasteiger partial charge in [-0.1, -0.05) is 32.3 Å². The van der Waals surface area contributed by atoms with Gasteiger partial charge in [0.05, 0.1) is 11.7 Å². The highest BCUT2D eigenvalue weighted by atomic mass is 16.5. The second-order valence-corrected chi connectivity index (χ2v) is 3.69. The molecular formula is C12H25NO3. The van der Waals surface area contributed by atoms with Gasteiger partial charge in [0.1, 0.15) is 0 Å². The summed E-state index contributed by atoms with van der Waals surface area (Å²) < 4.78 is 5.00. The molecule has 4 heteroatoms. The maximum Gasteiger partial charge on any atom is 0.333 e. The van der Waals surface area contributed by atoms with E-state index in [0.29, 0.717) is 5.57 Å². The molecule has 4 N–H and O–H groups in total. The predicted molar refractivity (Wildman–Crippen MR) is 66.0 cm³/mol. The fourth-order valence-electron chi connectivity index (χ4n) is 1.38. The highest BCUT2D eigenvalue weighted by Crippen LogP contribution is 2.10. The lowest BCUT2D eigenvalue weighted by molar-refractivity contribution is -0.133. The second-order valence-electron chi connectivity index (χ2n) is 3.69. The Hall–Kier alpha value is -0.870. The lowest BCUT2D eigenvalue weighted by Crippen LogP contribution is -2.16. The van der Waals surface area contributed by atoms with Gasteiger partial charge in [0.15, 0.2) is 0 Å². The van der Waals surface area contributed by atoms with Crippen LogP contribution in [0.3, 0.4) is 0 Å². The third-order valence-corrected chi connectivity index (χ3v) is 2.46. The van der Waals surface area contributed by atoms with Crippen molar-refractivity contribution in [2.24, 2.45) is 0 Å². The summed E-state index contributed by atoms with van der Waals surface area (Å²) in [5, 5.41) is 8.93. The first-order chi connectivity index (χ1) is 7.13. The summed E-state index contributed by atoms with van der Waals surface area (Å²) in [7, 11) is 1.53. The number of unbranched alkanes of at least 4 members (excludes halogenated alkanes) is 4. The van der Waals surface area contributed by atoms with E-state index in [4.69, 9.17) is 9.84 Å². The molecule has 0 saturated carbocycles. The molecule has 0 radical (unpaired) electrons. The molecule has 0 aliphatic carbocycles. The Labute approximate surface area is 98.3 Å². The molecule has 0 aromatic carbocycles. The van der Waals surface area contributed by atoms with Crippen LogP contribution in [0.4, 0.5) is 0 Å². The molecule has 0 rings (SSSR count). The van der Waals surface area contributed by atoms with E-state index in [1.807, 2.05) is 0 Å². The fraction of sp³-hybridized carbons (Fsp3) is 0.750. The number of ether oxygens (including phenoxy) is 1. The first kappa shape index (κ1) is 17.5. The van der Waals surface area contributed by atoms with Crippen molar-refractivity contribution in [3.63, 3.8) is 0 Å². The van der Waals surface area contributed by atoms with Crippen molar-refractivity contribution in [1.29, 1.82) is 0 Å². The first-order valence-corrected chi connectivity index (χ1v) is 5.59. The molecule has 0 aliphatic rings. The zero-order valence-electron chi connectivity index (χ0n) is 10.7. The molecule has 1 atom stereocenters. The normalized spacial score (nSPS) is 13.1. The molecule has 0 amide bonds. The maximum atomic E-state index is 10.9. The minimum atomic E-state index is -0.875. The Morgan fingerprint density at radius 1 is 1.38 bits per heavy atom. The molecule has 0 aromatic rings. The monoisotopic (exact) mass is 231 g/mol. The molecule has 0 aliphatic heterocycles. The molecule has 1 unspecified atom stereocenters. The largest absolute Gasteiger partial charge is 0.478 e. The third kappa shape index (κ3) is 7.43. The number of carboxylic acids is 1. The Morgan fingerprint density at radius 2 is 2.00 bits per heavy atom. The Morgan fingerprint density at radius 3 is 2.44 bits per heavy atom. The number of carbonyl (C=O) groups is 1. The van der Waals surface area contributed by atoms with Crippen molar-refractivity contribution in [3.8, 4) is 0 Å². The summed E-state index contributed by atoms with van der Waals surface area (Å²) in [6, 6.07) is 0. The van der Waals surface area contributed by atoms with Gasteiger partial charge in [0.25, 0.3) is 0 Å². The zero-order chi connectivity index (χ0) is 11.7. The minimum Gasteiger partial charge on any atom is -0.478 e. The van der Waals surface area contributed by atoms with E-state index in [1.54, 1.807) is 13.0 Å². The standard InChI is InChI=1S/C12H22O3.H3N/c1-4-5-6-7-8-9-11(12(13)14)10(2)15-3;/h9-10H,4-8H2,1-3H3,(H,13,14);1H3. The molecule has 0 fully saturated rings. The van der Waals surface area contributed by atoms with E-state index in [0.717, 1.165) is 12.8 Å². The van der Waals surface area contributed by atoms with Crippen molar-refractivity contribution in [2.45, 2.75) is 52.1 Å². The lowest BCUT2D eigenvalue weighted by Gasteiger charge is -2.10. The van der Waals surface area contributed by atoms with Gasteiger partial charge < -0.3 is 16.0 Å². The van der Waals surface area contributed by atoms with Crippen molar-refractivity contribution in [3.05, 3.63) is 11.6 Å². The van der Waals surface area contributed by atoms with Crippen molar-refractivity contribution in [2.75, 3.05) is 7.11 Å². The summed E-state index contributed by atoms with van der Waals surface area (Å²) >= 11 is 0. The lowest BCUT2D eigenvalue weighted by atomic mass is 10.1. The van der Waals surface area contributed by atoms with Crippen LogP contribution < -0.4 is 6.15 Å². The van der Waals surface area contributed by atoms with Gasteiger partial charge in [-0.2, -0.15) is 0 Å². The maximum absolute atomic E-state index is 10.9. The van der Waals surface area contributed by atoms with Crippen molar-refractivity contribution in [1.82, 2.24) is 6.15 Å². The van der Waals surface area contributed by atoms with E-state index >= 15 is 0 Å². The predicted octanol–water partition coefficient (Wildman–Crippen LogP) is 3.16. The number of aliphatic carboxylic acids is 1. The van der Waals surface area contributed by atoms with Gasteiger partial charge in [-0.15, -0.1) is 0 Å². The molecule has 16 heavy (non-hydrogen) atoms. The van der Waals surface area contributed by atoms with Crippen LogP contribution in [0, 0.1) is 0 Å². The van der Waals surface area contributed by atoms with Crippen LogP contribution in [0.2, 0.25) is 0 Å². The molecule has 0 bridgehead atoms. The number of hydrogen-bond acceptors (Lipinski definition) is 3. The van der Waals surface area contributed by atoms with Gasteiger partial charge in [0, 0.05) is 7.11 Å². The number of rotatable bonds is 8. The van der Waals surface area contributed by atoms with Crippen LogP contribution in [0.5, 0.6) is 0 Å². The fourth-order valence-corrected chi connectivity index (χ4v) is 1.38. The van der Waals surface area contributed by atoms with E-state index in [1.165, 1.54) is 26.4 Å². The summed E-state index contributed by atoms with van der Waals surface area (Å²) in [6.45, 7) is 3.91. The topological polar surface area (TPSA) is 81.5 Å². The summed E-state index contributed by atoms with van der Waals surface area (Å²) in [5.41, 5.74) is 0.369. The average molecular weight is 231 g/mol. The quantitative estimate of drug-likeness (QED) is 0.496. The molecule has 0 heterocycles. The number of allylic oxidation sites excluding steroid dienone is 1. The van der Waals surface area contributed by atoms with Gasteiger partial charge in [-0.05, 0) is 19.8 Å². The van der Waals surface area contributed by atoms with Crippen LogP contribution in [0.1, 0.15) is 46.0 Å². The summed E-state index contributed by atoms with van der Waals surface area (Å²) in [4.78, 5) is 10.9. The smallest absolute Gasteiger partial charge is 0.333 e. The molecule has 96 valence electrons. The molecule has 0 saturated heterocycles. The van der Waals surface area contributed by atoms with E-state index < -0.39 is 5.97 Å². The van der Waals surface area contributed by atoms with E-state index in [9.17, 15) is 4.79 Å². The van der Waals surface area contributed by atoms with E-state index in [-0.39, 0.29) is 12.3 Å². The highest BCUT2D eigenvalue weighted by molar-refractivity contribution is 5.87. The number of methoxy groups -OCH3 is 1. The molecule has 0 spiro atoms. The summed E-state index contributed by atoms with van der Waals surface area (Å²) in [5.74, 6) is -0.875. The van der Waals surface area contributed by atoms with Crippen LogP contribution in [0.25, 0.3) is 0 Å². The Bertz CT molecular complexity index is 214. The van der Waals surface area contributed by atoms with Crippen molar-refractivity contribution < 1.29 is 14.6 Å². The molecule has 0 aromatic heterocycles. The zero-order valence-corrected chi connectivity index (χ0v) is 10.7. The second kappa shape index (κ2) is 10.6. The van der Waals surface area contributed by atoms with Crippen LogP contribution in [0.15, 0.2) is 11.6 Å². The van der Waals surface area contributed by atoms with Crippen LogP contribution >= 0.6 is 0 Å². The van der Waals surface area contributed by atoms with Gasteiger partial charge in [-0.3, -0.25) is 0 Å². The Balaban J connectivity index is 0. The molecular weight excluding hydrogens is 206 g/mol. The third-order valence-electron chi connectivity index (χ3n) is 2.46. The first-order valence-electron chi connectivity index (χ1n) is 5.59. The average Bonchev–Trinajstić information content (AvgIpc) is 2.22. The minimum absolute atomic E-state index is 0. The SMILES string of the molecule is CCCCCCC=C(C(=O)O)C(C)OC.N. The van der Waals surface area contributed by atoms with Gasteiger partial charge >= 0.3 is 5.97 Å². The van der Waals surface area contributed by atoms with Gasteiger partial charge in [0.2, 0.25) is 0 Å². The van der Waals surface area contributed by atoms with Crippen LogP contribution in [-0.2, 0) is 9.53 Å². The van der Waals surface area contributed by atoms with Crippen LogP contribution in [-0.4, -0.2) is 24.3 Å². The van der Waals surface area contributed by atoms with E-state index in [2.05, 4.69) is 6.92 Å². The summed E-state index contributed by atoms with van der Waals surface area (Å²) in [6.07, 6.45) is 6.93. The highest BCUT2D eigenvalue weighted by Gasteiger charge is 2.14. The Kier molecular flexibility index (Phi) is 11.7. The molecule has 4 nitrogen and oxygen atoms in total. The number of carboxylic acid groups (broad SMARTS) is 1. The van der Waals surface area contributed by atoms with Gasteiger partial charge in [-0.25, -0.2) is 4.79 Å². The number of hydrogen-bond donors (Lipinski definition) is 2. The van der Waals surface area contributed by atoms with Crippen molar-refractivity contribution >= 4 is 5.97 Å².